The molecule has 36 heavy (non-hydrogen) atoms. The Morgan fingerprint density at radius 3 is 2.47 bits per heavy atom. The van der Waals surface area contributed by atoms with Crippen LogP contribution < -0.4 is 10.6 Å². The van der Waals surface area contributed by atoms with Gasteiger partial charge in [0.1, 0.15) is 11.6 Å². The molecule has 0 saturated heterocycles. The number of nitrogens with one attached hydrogen (secondary N) is 2. The molecule has 1 aliphatic rings. The van der Waals surface area contributed by atoms with Crippen molar-refractivity contribution in [2.24, 2.45) is 0 Å². The van der Waals surface area contributed by atoms with E-state index in [1.165, 1.54) is 28.8 Å². The lowest BCUT2D eigenvalue weighted by atomic mass is 9.86. The lowest BCUT2D eigenvalue weighted by molar-refractivity contribution is -0.122. The summed E-state index contributed by atoms with van der Waals surface area (Å²) in [5, 5.41) is 17.5. The molecule has 0 bridgehead atoms. The summed E-state index contributed by atoms with van der Waals surface area (Å²) in [6, 6.07) is 18.6. The van der Waals surface area contributed by atoms with Crippen LogP contribution in [0.2, 0.25) is 0 Å². The van der Waals surface area contributed by atoms with Gasteiger partial charge in [0.05, 0.1) is 18.6 Å². The van der Waals surface area contributed by atoms with Crippen LogP contribution in [0.4, 0.5) is 8.78 Å². The molecule has 0 spiro atoms. The number of amides is 1. The molecule has 4 nitrogen and oxygen atoms in total. The Morgan fingerprint density at radius 1 is 1.00 bits per heavy atom. The number of aryl methyl sites for hydroxylation is 2. The van der Waals surface area contributed by atoms with Gasteiger partial charge in [-0.3, -0.25) is 4.79 Å². The highest BCUT2D eigenvalue weighted by Gasteiger charge is 2.26. The van der Waals surface area contributed by atoms with E-state index in [1.54, 1.807) is 0 Å². The lowest BCUT2D eigenvalue weighted by Crippen LogP contribution is -2.49. The Kier molecular flexibility index (Phi) is 8.83. The number of carbonyl (C=O) groups excluding carboxylic acids is 1. The molecule has 3 aromatic rings. The first-order valence-electron chi connectivity index (χ1n) is 12.7. The minimum atomic E-state index is -0.948. The summed E-state index contributed by atoms with van der Waals surface area (Å²) in [5.74, 6) is -1.62. The maximum absolute atomic E-state index is 13.8. The van der Waals surface area contributed by atoms with E-state index in [2.05, 4.69) is 35.8 Å². The second-order valence-electron chi connectivity index (χ2n) is 9.63. The van der Waals surface area contributed by atoms with Gasteiger partial charge in [0.2, 0.25) is 5.91 Å². The summed E-state index contributed by atoms with van der Waals surface area (Å²) in [4.78, 5) is 12.8. The van der Waals surface area contributed by atoms with Crippen LogP contribution in [-0.4, -0.2) is 29.7 Å². The number of halogens is 2. The van der Waals surface area contributed by atoms with E-state index in [4.69, 9.17) is 0 Å². The van der Waals surface area contributed by atoms with Crippen LogP contribution in [0.25, 0.3) is 0 Å². The van der Waals surface area contributed by atoms with E-state index in [0.717, 1.165) is 37.3 Å². The maximum Gasteiger partial charge on any atom is 0.224 e. The highest BCUT2D eigenvalue weighted by molar-refractivity contribution is 5.79. The van der Waals surface area contributed by atoms with E-state index < -0.39 is 23.8 Å². The standard InChI is InChI=1S/C30H34F2N2O2/c1-2-20-11-12-23-9-6-10-27(26(23)15-20)33-19-29(35)28(16-22-13-24(31)18-25(32)14-22)34-30(36)17-21-7-4-3-5-8-21/h3-5,7-8,11-15,18,27-29,33,35H,2,6,9-10,16-17,19H2,1H3,(H,34,36). The number of carbonyl (C=O) groups is 1. The van der Waals surface area contributed by atoms with Crippen molar-refractivity contribution in [3.63, 3.8) is 0 Å². The molecule has 3 atom stereocenters. The molecule has 1 amide bonds. The van der Waals surface area contributed by atoms with Crippen molar-refractivity contribution < 1.29 is 18.7 Å². The third-order valence-corrected chi connectivity index (χ3v) is 6.90. The van der Waals surface area contributed by atoms with Crippen LogP contribution in [0.15, 0.2) is 66.7 Å². The van der Waals surface area contributed by atoms with Crippen LogP contribution in [0.1, 0.15) is 53.6 Å². The zero-order chi connectivity index (χ0) is 25.5. The topological polar surface area (TPSA) is 61.4 Å². The molecule has 0 radical (unpaired) electrons. The van der Waals surface area contributed by atoms with Gasteiger partial charge >= 0.3 is 0 Å². The molecule has 0 saturated carbocycles. The van der Waals surface area contributed by atoms with Crippen molar-refractivity contribution in [2.75, 3.05) is 6.54 Å². The molecule has 3 unspecified atom stereocenters. The van der Waals surface area contributed by atoms with Gasteiger partial charge in [0, 0.05) is 18.7 Å². The average Bonchev–Trinajstić information content (AvgIpc) is 2.86. The fourth-order valence-electron chi connectivity index (χ4n) is 4.99. The second-order valence-corrected chi connectivity index (χ2v) is 9.63. The quantitative estimate of drug-likeness (QED) is 0.380. The van der Waals surface area contributed by atoms with Gasteiger partial charge in [0.25, 0.3) is 0 Å². The van der Waals surface area contributed by atoms with Crippen molar-refractivity contribution in [1.29, 1.82) is 0 Å². The van der Waals surface area contributed by atoms with Gasteiger partial charge in [0.15, 0.2) is 0 Å². The molecule has 0 aliphatic heterocycles. The van der Waals surface area contributed by atoms with Crippen molar-refractivity contribution in [3.05, 3.63) is 106 Å². The van der Waals surface area contributed by atoms with Gasteiger partial charge in [-0.15, -0.1) is 0 Å². The second kappa shape index (κ2) is 12.2. The Bertz CT molecular complexity index is 1150. The van der Waals surface area contributed by atoms with E-state index in [1.807, 2.05) is 30.3 Å². The van der Waals surface area contributed by atoms with E-state index in [-0.39, 0.29) is 31.3 Å². The van der Waals surface area contributed by atoms with Crippen molar-refractivity contribution in [3.8, 4) is 0 Å². The van der Waals surface area contributed by atoms with Crippen molar-refractivity contribution in [1.82, 2.24) is 10.6 Å². The van der Waals surface area contributed by atoms with Gasteiger partial charge in [-0.2, -0.15) is 0 Å². The maximum atomic E-state index is 13.8. The summed E-state index contributed by atoms with van der Waals surface area (Å²) >= 11 is 0. The molecule has 3 aromatic carbocycles. The first-order chi connectivity index (χ1) is 17.4. The number of benzene rings is 3. The SMILES string of the molecule is CCc1ccc2c(c1)C(NCC(O)C(Cc1cc(F)cc(F)c1)NC(=O)Cc1ccccc1)CCC2. The monoisotopic (exact) mass is 492 g/mol. The Balaban J connectivity index is 1.47. The Labute approximate surface area is 211 Å². The first kappa shape index (κ1) is 26.0. The van der Waals surface area contributed by atoms with Gasteiger partial charge < -0.3 is 15.7 Å². The summed E-state index contributed by atoms with van der Waals surface area (Å²) in [6.45, 7) is 2.38. The van der Waals surface area contributed by atoms with Crippen molar-refractivity contribution in [2.45, 2.75) is 63.6 Å². The molecular weight excluding hydrogens is 458 g/mol. The zero-order valence-electron chi connectivity index (χ0n) is 20.6. The van der Waals surface area contributed by atoms with E-state index in [9.17, 15) is 18.7 Å². The molecule has 0 fully saturated rings. The summed E-state index contributed by atoms with van der Waals surface area (Å²) in [7, 11) is 0. The number of aliphatic hydroxyl groups excluding tert-OH is 1. The number of aliphatic hydroxyl groups is 1. The summed E-state index contributed by atoms with van der Waals surface area (Å²) in [6.07, 6.45) is 3.35. The molecule has 4 rings (SSSR count). The zero-order valence-corrected chi connectivity index (χ0v) is 20.6. The van der Waals surface area contributed by atoms with Crippen LogP contribution in [-0.2, 0) is 30.5 Å². The van der Waals surface area contributed by atoms with E-state index >= 15 is 0 Å². The number of rotatable bonds is 10. The van der Waals surface area contributed by atoms with Crippen LogP contribution in [0.5, 0.6) is 0 Å². The predicted molar refractivity (Wildman–Crippen MR) is 138 cm³/mol. The van der Waals surface area contributed by atoms with Gasteiger partial charge in [-0.25, -0.2) is 8.78 Å². The first-order valence-corrected chi connectivity index (χ1v) is 12.7. The van der Waals surface area contributed by atoms with E-state index in [0.29, 0.717) is 5.56 Å². The molecule has 190 valence electrons. The summed E-state index contributed by atoms with van der Waals surface area (Å²) < 4.78 is 27.6. The lowest BCUT2D eigenvalue weighted by Gasteiger charge is -2.30. The number of hydrogen-bond donors (Lipinski definition) is 3. The van der Waals surface area contributed by atoms with Crippen molar-refractivity contribution >= 4 is 5.91 Å². The van der Waals surface area contributed by atoms with Gasteiger partial charge in [-0.05, 0) is 72.1 Å². The fourth-order valence-corrected chi connectivity index (χ4v) is 4.99. The van der Waals surface area contributed by atoms with Crippen LogP contribution in [0, 0.1) is 11.6 Å². The largest absolute Gasteiger partial charge is 0.390 e. The van der Waals surface area contributed by atoms with Crippen LogP contribution in [0.3, 0.4) is 0 Å². The molecule has 3 N–H and O–H groups in total. The number of fused-ring (bicyclic) bond motifs is 1. The average molecular weight is 493 g/mol. The fraction of sp³-hybridized carbons (Fsp3) is 0.367. The third kappa shape index (κ3) is 6.99. The number of hydrogen-bond acceptors (Lipinski definition) is 3. The predicted octanol–water partition coefficient (Wildman–Crippen LogP) is 4.83. The Hall–Kier alpha value is -3.09. The third-order valence-electron chi connectivity index (χ3n) is 6.90. The van der Waals surface area contributed by atoms with Crippen LogP contribution >= 0.6 is 0 Å². The Morgan fingerprint density at radius 2 is 1.75 bits per heavy atom. The minimum absolute atomic E-state index is 0.110. The highest BCUT2D eigenvalue weighted by Crippen LogP contribution is 2.30. The summed E-state index contributed by atoms with van der Waals surface area (Å²) in [5.41, 5.74) is 5.11. The molecule has 6 heteroatoms. The minimum Gasteiger partial charge on any atom is -0.390 e. The molecular formula is C30H34F2N2O2. The highest BCUT2D eigenvalue weighted by atomic mass is 19.1. The molecule has 1 aliphatic carbocycles. The molecule has 0 aromatic heterocycles. The van der Waals surface area contributed by atoms with Gasteiger partial charge in [-0.1, -0.05) is 55.5 Å². The molecule has 0 heterocycles. The smallest absolute Gasteiger partial charge is 0.224 e. The normalized spacial score (nSPS) is 16.7.